The van der Waals surface area contributed by atoms with Crippen LogP contribution in [0.2, 0.25) is 5.15 Å². The number of hydrogen-bond donors (Lipinski definition) is 1. The van der Waals surface area contributed by atoms with E-state index in [2.05, 4.69) is 20.3 Å². The van der Waals surface area contributed by atoms with Crippen molar-refractivity contribution in [3.63, 3.8) is 0 Å². The molecule has 0 saturated heterocycles. The molecule has 0 spiro atoms. The van der Waals surface area contributed by atoms with E-state index in [-0.39, 0.29) is 31.0 Å². The molecule has 4 rings (SSSR count). The lowest BCUT2D eigenvalue weighted by Crippen LogP contribution is -2.41. The van der Waals surface area contributed by atoms with Crippen molar-refractivity contribution in [3.8, 4) is 11.3 Å². The quantitative estimate of drug-likeness (QED) is 0.311. The number of halogens is 1. The van der Waals surface area contributed by atoms with Crippen molar-refractivity contribution in [2.75, 3.05) is 13.2 Å². The SMILES string of the molecule is CCOC(=O)Cc1csc(CNC(=O)N(CC)[C@H](C)c2cccc(-c3cn4ccnc4c(Cl)n3)c2)n1. The molecule has 0 aliphatic rings. The number of esters is 1. The molecule has 1 aromatic carbocycles. The number of nitrogens with zero attached hydrogens (tertiary/aromatic N) is 5. The average Bonchev–Trinajstić information content (AvgIpc) is 3.53. The Labute approximate surface area is 218 Å². The van der Waals surface area contributed by atoms with Gasteiger partial charge in [0.25, 0.3) is 0 Å². The Kier molecular flexibility index (Phi) is 8.17. The van der Waals surface area contributed by atoms with Crippen LogP contribution in [0, 0.1) is 0 Å². The van der Waals surface area contributed by atoms with Crippen LogP contribution < -0.4 is 5.32 Å². The van der Waals surface area contributed by atoms with E-state index in [4.69, 9.17) is 16.3 Å². The minimum absolute atomic E-state index is 0.126. The van der Waals surface area contributed by atoms with E-state index in [9.17, 15) is 9.59 Å². The highest BCUT2D eigenvalue weighted by Crippen LogP contribution is 2.27. The first-order valence-corrected chi connectivity index (χ1v) is 12.9. The lowest BCUT2D eigenvalue weighted by molar-refractivity contribution is -0.142. The molecule has 0 bridgehead atoms. The maximum atomic E-state index is 13.0. The Morgan fingerprint density at radius 3 is 2.89 bits per heavy atom. The molecule has 0 saturated carbocycles. The van der Waals surface area contributed by atoms with Crippen LogP contribution in [0.5, 0.6) is 0 Å². The molecule has 2 amide bonds. The normalized spacial score (nSPS) is 11.9. The molecule has 188 valence electrons. The number of hydrogen-bond acceptors (Lipinski definition) is 7. The molecule has 11 heteroatoms. The number of benzene rings is 1. The number of thiazole rings is 1. The topological polar surface area (TPSA) is 102 Å². The number of amides is 2. The first-order chi connectivity index (χ1) is 17.4. The Bertz CT molecular complexity index is 1370. The lowest BCUT2D eigenvalue weighted by atomic mass is 10.0. The molecular formula is C25H27ClN6O3S. The van der Waals surface area contributed by atoms with Crippen molar-refractivity contribution in [1.29, 1.82) is 0 Å². The summed E-state index contributed by atoms with van der Waals surface area (Å²) in [5.41, 5.74) is 3.83. The standard InChI is InChI=1S/C25H27ClN6O3S/c1-4-32(25(34)28-13-21-29-19(15-36-21)12-22(33)35-5-2)16(3)17-7-6-8-18(11-17)20-14-31-10-9-27-24(31)23(26)30-20/h6-11,14-16H,4-5,12-13H2,1-3H3,(H,28,34)/t16-/m1/s1. The predicted octanol–water partition coefficient (Wildman–Crippen LogP) is 4.90. The van der Waals surface area contributed by atoms with Crippen molar-refractivity contribution >= 4 is 40.6 Å². The highest BCUT2D eigenvalue weighted by molar-refractivity contribution is 7.09. The summed E-state index contributed by atoms with van der Waals surface area (Å²) < 4.78 is 6.80. The third kappa shape index (κ3) is 5.83. The van der Waals surface area contributed by atoms with Gasteiger partial charge in [-0.15, -0.1) is 11.3 Å². The summed E-state index contributed by atoms with van der Waals surface area (Å²) in [5, 5.41) is 5.81. The zero-order valence-corrected chi connectivity index (χ0v) is 21.8. The second-order valence-electron chi connectivity index (χ2n) is 8.04. The van der Waals surface area contributed by atoms with Gasteiger partial charge in [0.1, 0.15) is 5.01 Å². The van der Waals surface area contributed by atoms with Crippen molar-refractivity contribution in [2.24, 2.45) is 0 Å². The van der Waals surface area contributed by atoms with E-state index in [1.807, 2.05) is 60.3 Å². The summed E-state index contributed by atoms with van der Waals surface area (Å²) >= 11 is 7.71. The van der Waals surface area contributed by atoms with E-state index >= 15 is 0 Å². The number of carbonyl (C=O) groups is 2. The molecule has 0 fully saturated rings. The number of aromatic nitrogens is 4. The first-order valence-electron chi connectivity index (χ1n) is 11.6. The van der Waals surface area contributed by atoms with Crippen molar-refractivity contribution in [2.45, 2.75) is 39.8 Å². The zero-order chi connectivity index (χ0) is 25.7. The minimum atomic E-state index is -0.311. The molecule has 3 aromatic heterocycles. The molecule has 4 aromatic rings. The molecule has 1 N–H and O–H groups in total. The summed E-state index contributed by atoms with van der Waals surface area (Å²) in [6.45, 7) is 6.84. The maximum absolute atomic E-state index is 13.0. The molecule has 0 radical (unpaired) electrons. The average molecular weight is 527 g/mol. The van der Waals surface area contributed by atoms with Crippen LogP contribution in [0.4, 0.5) is 4.79 Å². The Balaban J connectivity index is 1.43. The van der Waals surface area contributed by atoms with Crippen LogP contribution in [0.25, 0.3) is 16.9 Å². The fraction of sp³-hybridized carbons (Fsp3) is 0.320. The van der Waals surface area contributed by atoms with Gasteiger partial charge >= 0.3 is 12.0 Å². The van der Waals surface area contributed by atoms with E-state index in [0.717, 1.165) is 21.8 Å². The van der Waals surface area contributed by atoms with Crippen LogP contribution >= 0.6 is 22.9 Å². The fourth-order valence-electron chi connectivity index (χ4n) is 3.89. The Morgan fingerprint density at radius 2 is 2.11 bits per heavy atom. The van der Waals surface area contributed by atoms with Gasteiger partial charge in [0, 0.05) is 36.1 Å². The number of carbonyl (C=O) groups excluding carboxylic acids is 2. The van der Waals surface area contributed by atoms with E-state index in [1.165, 1.54) is 11.3 Å². The molecule has 9 nitrogen and oxygen atoms in total. The molecular weight excluding hydrogens is 500 g/mol. The van der Waals surface area contributed by atoms with Crippen molar-refractivity contribution in [3.05, 3.63) is 69.7 Å². The van der Waals surface area contributed by atoms with Crippen molar-refractivity contribution < 1.29 is 14.3 Å². The number of imidazole rings is 1. The molecule has 0 aliphatic carbocycles. The van der Waals surface area contributed by atoms with E-state index in [1.54, 1.807) is 18.0 Å². The lowest BCUT2D eigenvalue weighted by Gasteiger charge is -2.28. The van der Waals surface area contributed by atoms with Gasteiger partial charge in [0.05, 0.1) is 37.0 Å². The molecule has 1 atom stereocenters. The van der Waals surface area contributed by atoms with Crippen molar-refractivity contribution in [1.82, 2.24) is 29.6 Å². The summed E-state index contributed by atoms with van der Waals surface area (Å²) in [5.74, 6) is -0.311. The van der Waals surface area contributed by atoms with Gasteiger partial charge in [0.15, 0.2) is 10.8 Å². The van der Waals surface area contributed by atoms with Gasteiger partial charge in [-0.3, -0.25) is 4.79 Å². The largest absolute Gasteiger partial charge is 0.466 e. The fourth-order valence-corrected chi connectivity index (χ4v) is 4.86. The third-order valence-corrected chi connectivity index (χ3v) is 6.84. The number of nitrogens with one attached hydrogen (secondary N) is 1. The minimum Gasteiger partial charge on any atom is -0.466 e. The van der Waals surface area contributed by atoms with Crippen LogP contribution in [0.15, 0.2) is 48.2 Å². The van der Waals surface area contributed by atoms with Gasteiger partial charge in [-0.25, -0.2) is 19.7 Å². The number of fused-ring (bicyclic) bond motifs is 1. The van der Waals surface area contributed by atoms with Crippen LogP contribution in [-0.2, 0) is 22.5 Å². The number of urea groups is 1. The second-order valence-corrected chi connectivity index (χ2v) is 9.34. The van der Waals surface area contributed by atoms with Gasteiger partial charge in [-0.05, 0) is 32.4 Å². The highest BCUT2D eigenvalue weighted by Gasteiger charge is 2.21. The van der Waals surface area contributed by atoms with Crippen LogP contribution in [-0.4, -0.2) is 49.4 Å². The smallest absolute Gasteiger partial charge is 0.318 e. The molecule has 0 unspecified atom stereocenters. The third-order valence-electron chi connectivity index (χ3n) is 5.69. The van der Waals surface area contributed by atoms with Crippen LogP contribution in [0.3, 0.4) is 0 Å². The zero-order valence-electron chi connectivity index (χ0n) is 20.3. The summed E-state index contributed by atoms with van der Waals surface area (Å²) in [7, 11) is 0. The molecule has 3 heterocycles. The first kappa shape index (κ1) is 25.6. The summed E-state index contributed by atoms with van der Waals surface area (Å²) in [4.78, 5) is 39.6. The van der Waals surface area contributed by atoms with Gasteiger partial charge in [0.2, 0.25) is 0 Å². The van der Waals surface area contributed by atoms with Gasteiger partial charge in [-0.1, -0.05) is 29.8 Å². The second kappa shape index (κ2) is 11.5. The number of rotatable bonds is 9. The summed E-state index contributed by atoms with van der Waals surface area (Å²) in [6.07, 6.45) is 5.51. The highest BCUT2D eigenvalue weighted by atomic mass is 35.5. The predicted molar refractivity (Wildman–Crippen MR) is 139 cm³/mol. The Hall–Kier alpha value is -3.50. The molecule has 36 heavy (non-hydrogen) atoms. The van der Waals surface area contributed by atoms with E-state index in [0.29, 0.717) is 29.6 Å². The molecule has 0 aliphatic heterocycles. The summed E-state index contributed by atoms with van der Waals surface area (Å²) in [6, 6.07) is 7.54. The van der Waals surface area contributed by atoms with Crippen LogP contribution in [0.1, 0.15) is 43.1 Å². The van der Waals surface area contributed by atoms with E-state index < -0.39 is 0 Å². The van der Waals surface area contributed by atoms with Gasteiger partial charge in [-0.2, -0.15) is 0 Å². The van der Waals surface area contributed by atoms with Gasteiger partial charge < -0.3 is 19.4 Å². The number of ether oxygens (including phenoxy) is 1. The Morgan fingerprint density at radius 1 is 1.28 bits per heavy atom. The monoisotopic (exact) mass is 526 g/mol. The maximum Gasteiger partial charge on any atom is 0.318 e.